The number of rotatable bonds is 1. The Morgan fingerprint density at radius 1 is 1.13 bits per heavy atom. The average molecular weight is 316 g/mol. The maximum absolute atomic E-state index is 12.0. The van der Waals surface area contributed by atoms with Gasteiger partial charge in [0.15, 0.2) is 0 Å². The van der Waals surface area contributed by atoms with Gasteiger partial charge in [0.1, 0.15) is 5.78 Å². The number of Topliss-reactive ketones (excluding diaryl/α,β-unsaturated/α-hetero) is 1. The lowest BCUT2D eigenvalue weighted by Crippen LogP contribution is -2.57. The molecule has 3 saturated carbocycles. The van der Waals surface area contributed by atoms with Crippen LogP contribution in [0.5, 0.6) is 0 Å². The van der Waals surface area contributed by atoms with E-state index in [1.807, 2.05) is 0 Å². The largest absolute Gasteiger partial charge is 0.392 e. The second-order valence-corrected chi connectivity index (χ2v) is 9.34. The molecule has 4 aliphatic carbocycles. The third kappa shape index (κ3) is 2.00. The van der Waals surface area contributed by atoms with Crippen LogP contribution in [0.4, 0.5) is 0 Å². The van der Waals surface area contributed by atoms with Gasteiger partial charge in [-0.1, -0.05) is 39.3 Å². The zero-order valence-electron chi connectivity index (χ0n) is 14.9. The molecule has 4 aliphatic rings. The monoisotopic (exact) mass is 316 g/mol. The Balaban J connectivity index is 1.70. The van der Waals surface area contributed by atoms with E-state index >= 15 is 0 Å². The van der Waals surface area contributed by atoms with Crippen LogP contribution in [-0.4, -0.2) is 17.0 Å². The molecule has 0 aromatic heterocycles. The summed E-state index contributed by atoms with van der Waals surface area (Å²) < 4.78 is 0. The number of fused-ring (bicyclic) bond motifs is 5. The highest BCUT2D eigenvalue weighted by Crippen LogP contribution is 2.66. The van der Waals surface area contributed by atoms with Crippen LogP contribution in [0, 0.1) is 40.4 Å². The Morgan fingerprint density at radius 2 is 1.91 bits per heavy atom. The van der Waals surface area contributed by atoms with E-state index in [9.17, 15) is 9.90 Å². The molecule has 128 valence electrons. The van der Waals surface area contributed by atoms with Crippen molar-refractivity contribution >= 4 is 5.78 Å². The van der Waals surface area contributed by atoms with E-state index in [0.717, 1.165) is 11.8 Å². The van der Waals surface area contributed by atoms with E-state index in [1.54, 1.807) is 0 Å². The number of hydrogen-bond donors (Lipinski definition) is 1. The van der Waals surface area contributed by atoms with Crippen molar-refractivity contribution in [1.29, 1.82) is 0 Å². The number of allylic oxidation sites excluding steroid dienone is 2. The summed E-state index contributed by atoms with van der Waals surface area (Å²) in [5, 5.41) is 10.8. The minimum absolute atomic E-state index is 0.0844. The van der Waals surface area contributed by atoms with Crippen molar-refractivity contribution in [2.75, 3.05) is 0 Å². The molecule has 3 fully saturated rings. The fourth-order valence-corrected chi connectivity index (χ4v) is 7.26. The molecule has 2 nitrogen and oxygen atoms in total. The zero-order chi connectivity index (χ0) is 16.4. The van der Waals surface area contributed by atoms with E-state index in [4.69, 9.17) is 0 Å². The summed E-state index contributed by atoms with van der Waals surface area (Å²) >= 11 is 0. The molecule has 23 heavy (non-hydrogen) atoms. The Morgan fingerprint density at radius 3 is 2.65 bits per heavy atom. The van der Waals surface area contributed by atoms with Crippen LogP contribution in [0.25, 0.3) is 0 Å². The molecule has 0 aromatic carbocycles. The Bertz CT molecular complexity index is 538. The van der Waals surface area contributed by atoms with E-state index in [0.29, 0.717) is 30.1 Å². The van der Waals surface area contributed by atoms with E-state index < -0.39 is 6.10 Å². The molecule has 4 rings (SSSR count). The van der Waals surface area contributed by atoms with Gasteiger partial charge >= 0.3 is 0 Å². The Hall–Kier alpha value is -0.630. The van der Waals surface area contributed by atoms with E-state index in [1.165, 1.54) is 32.1 Å². The molecule has 2 heteroatoms. The van der Waals surface area contributed by atoms with Gasteiger partial charge in [0.05, 0.1) is 6.10 Å². The van der Waals surface area contributed by atoms with Crippen LogP contribution >= 0.6 is 0 Å². The van der Waals surface area contributed by atoms with Gasteiger partial charge < -0.3 is 5.11 Å². The molecule has 1 unspecified atom stereocenters. The summed E-state index contributed by atoms with van der Waals surface area (Å²) in [6, 6.07) is 0. The van der Waals surface area contributed by atoms with Crippen molar-refractivity contribution < 1.29 is 9.90 Å². The van der Waals surface area contributed by atoms with Crippen LogP contribution in [0.1, 0.15) is 65.7 Å². The van der Waals surface area contributed by atoms with Crippen molar-refractivity contribution in [2.24, 2.45) is 40.4 Å². The van der Waals surface area contributed by atoms with E-state index in [-0.39, 0.29) is 17.1 Å². The fraction of sp³-hybridized carbons (Fsp3) is 0.857. The lowest BCUT2D eigenvalue weighted by molar-refractivity contribution is -0.147. The van der Waals surface area contributed by atoms with Gasteiger partial charge in [0.2, 0.25) is 0 Å². The standard InChI is InChI=1S/C21H32O2/c1-4-13-6-8-17-16-7-5-14-11-15(22)12-19(23)21(14,3)18(16)9-10-20(13,17)2/h5,7,13-14,16-19,23H,4,6,8-12H2,1-3H3/t13-,14+,16-,17-,18-,19?,20+,21-/m0/s1. The van der Waals surface area contributed by atoms with Crippen LogP contribution in [0.15, 0.2) is 12.2 Å². The first-order chi connectivity index (χ1) is 10.9. The molecule has 1 N–H and O–H groups in total. The minimum atomic E-state index is -0.445. The highest BCUT2D eigenvalue weighted by atomic mass is 16.3. The molecule has 0 aromatic rings. The third-order valence-electron chi connectivity index (χ3n) is 8.77. The zero-order valence-corrected chi connectivity index (χ0v) is 14.9. The second-order valence-electron chi connectivity index (χ2n) is 9.34. The number of carbonyl (C=O) groups excluding carboxylic acids is 1. The predicted octanol–water partition coefficient (Wildman–Crippen LogP) is 4.37. The third-order valence-corrected chi connectivity index (χ3v) is 8.77. The molecule has 0 aliphatic heterocycles. The first-order valence-corrected chi connectivity index (χ1v) is 9.79. The fourth-order valence-electron chi connectivity index (χ4n) is 7.26. The molecular weight excluding hydrogens is 284 g/mol. The van der Waals surface area contributed by atoms with Crippen molar-refractivity contribution in [3.05, 3.63) is 12.2 Å². The van der Waals surface area contributed by atoms with Crippen LogP contribution in [-0.2, 0) is 4.79 Å². The molecule has 0 saturated heterocycles. The smallest absolute Gasteiger partial charge is 0.136 e. The Labute approximate surface area is 140 Å². The first kappa shape index (κ1) is 15.9. The number of ketones is 1. The molecule has 0 heterocycles. The summed E-state index contributed by atoms with van der Waals surface area (Å²) in [5.74, 6) is 3.35. The van der Waals surface area contributed by atoms with Gasteiger partial charge in [-0.3, -0.25) is 4.79 Å². The van der Waals surface area contributed by atoms with Crippen LogP contribution in [0.2, 0.25) is 0 Å². The summed E-state index contributed by atoms with van der Waals surface area (Å²) in [5.41, 5.74) is 0.415. The maximum Gasteiger partial charge on any atom is 0.136 e. The summed E-state index contributed by atoms with van der Waals surface area (Å²) in [4.78, 5) is 12.0. The minimum Gasteiger partial charge on any atom is -0.392 e. The van der Waals surface area contributed by atoms with Crippen molar-refractivity contribution in [3.8, 4) is 0 Å². The first-order valence-electron chi connectivity index (χ1n) is 9.79. The second kappa shape index (κ2) is 5.18. The summed E-state index contributed by atoms with van der Waals surface area (Å²) in [6.45, 7) is 7.18. The molecular formula is C21H32O2. The molecule has 0 amide bonds. The number of carbonyl (C=O) groups is 1. The summed E-state index contributed by atoms with van der Waals surface area (Å²) in [6.07, 6.45) is 12.0. The average Bonchev–Trinajstić information content (AvgIpc) is 2.85. The lowest BCUT2D eigenvalue weighted by atomic mass is 9.46. The highest BCUT2D eigenvalue weighted by molar-refractivity contribution is 5.80. The number of aliphatic hydroxyl groups excluding tert-OH is 1. The molecule has 0 bridgehead atoms. The Kier molecular flexibility index (Phi) is 3.58. The molecule has 0 spiro atoms. The lowest BCUT2D eigenvalue weighted by Gasteiger charge is -2.59. The number of hydrogen-bond acceptors (Lipinski definition) is 2. The van der Waals surface area contributed by atoms with Crippen molar-refractivity contribution in [2.45, 2.75) is 71.8 Å². The van der Waals surface area contributed by atoms with E-state index in [2.05, 4.69) is 32.9 Å². The van der Waals surface area contributed by atoms with Gasteiger partial charge in [0, 0.05) is 18.3 Å². The van der Waals surface area contributed by atoms with Crippen LogP contribution in [0.3, 0.4) is 0 Å². The predicted molar refractivity (Wildman–Crippen MR) is 91.8 cm³/mol. The maximum atomic E-state index is 12.0. The van der Waals surface area contributed by atoms with Crippen molar-refractivity contribution in [1.82, 2.24) is 0 Å². The summed E-state index contributed by atoms with van der Waals surface area (Å²) in [7, 11) is 0. The van der Waals surface area contributed by atoms with Crippen molar-refractivity contribution in [3.63, 3.8) is 0 Å². The molecule has 8 atom stereocenters. The normalized spacial score (nSPS) is 55.2. The SMILES string of the molecule is CC[C@H]1CC[C@H]2[C@@H]3C=C[C@@H]4CC(=O)CC(O)[C@]4(C)[C@H]3CC[C@]12C. The van der Waals surface area contributed by atoms with Gasteiger partial charge in [-0.2, -0.15) is 0 Å². The highest BCUT2D eigenvalue weighted by Gasteiger charge is 2.60. The van der Waals surface area contributed by atoms with Gasteiger partial charge in [-0.15, -0.1) is 0 Å². The topological polar surface area (TPSA) is 37.3 Å². The van der Waals surface area contributed by atoms with Gasteiger partial charge in [-0.25, -0.2) is 0 Å². The quantitative estimate of drug-likeness (QED) is 0.729. The van der Waals surface area contributed by atoms with Crippen LogP contribution < -0.4 is 0 Å². The molecule has 0 radical (unpaired) electrons. The van der Waals surface area contributed by atoms with Gasteiger partial charge in [-0.05, 0) is 60.7 Å². The van der Waals surface area contributed by atoms with Gasteiger partial charge in [0.25, 0.3) is 0 Å². The number of aliphatic hydroxyl groups is 1.